The van der Waals surface area contributed by atoms with Crippen molar-refractivity contribution in [3.63, 3.8) is 0 Å². The Morgan fingerprint density at radius 3 is 2.81 bits per heavy atom. The van der Waals surface area contributed by atoms with Gasteiger partial charge in [-0.05, 0) is 29.7 Å². The summed E-state index contributed by atoms with van der Waals surface area (Å²) in [5.41, 5.74) is 0. The fraction of sp³-hybridized carbons (Fsp3) is 0.385. The van der Waals surface area contributed by atoms with Crippen molar-refractivity contribution >= 4 is 43.0 Å². The van der Waals surface area contributed by atoms with Crippen molar-refractivity contribution in [2.45, 2.75) is 4.21 Å². The van der Waals surface area contributed by atoms with Gasteiger partial charge in [0, 0.05) is 36.5 Å². The molecule has 116 valence electrons. The van der Waals surface area contributed by atoms with Gasteiger partial charge in [0.25, 0.3) is 0 Å². The van der Waals surface area contributed by atoms with E-state index in [4.69, 9.17) is 16.3 Å². The molecular formula is C13H17ClN2O3S2. The first-order chi connectivity index (χ1) is 10.0. The number of hydrogen-bond donors (Lipinski definition) is 2. The molecule has 8 heteroatoms. The number of ether oxygens (including phenoxy) is 1. The zero-order valence-electron chi connectivity index (χ0n) is 11.6. The maximum absolute atomic E-state index is 12.2. The molecule has 0 aliphatic carbocycles. The van der Waals surface area contributed by atoms with Crippen LogP contribution in [0.5, 0.6) is 0 Å². The molecule has 21 heavy (non-hydrogen) atoms. The normalized spacial score (nSPS) is 12.1. The van der Waals surface area contributed by atoms with E-state index in [0.717, 1.165) is 10.1 Å². The molecule has 0 spiro atoms. The summed E-state index contributed by atoms with van der Waals surface area (Å²) in [5, 5.41) is 4.51. The molecule has 2 rings (SSSR count). The van der Waals surface area contributed by atoms with Gasteiger partial charge in [-0.15, -0.1) is 11.3 Å². The Morgan fingerprint density at radius 2 is 2.05 bits per heavy atom. The standard InChI is InChI=1S/C13H17ClN2O3S2/c1-19-7-6-15-4-5-16-21(17,18)13-9-10-8-11(14)2-3-12(10)20-13/h2-3,8-9,15-16H,4-7H2,1H3. The summed E-state index contributed by atoms with van der Waals surface area (Å²) in [4.78, 5) is 0. The molecule has 1 heterocycles. The first kappa shape index (κ1) is 16.7. The highest BCUT2D eigenvalue weighted by Crippen LogP contribution is 2.30. The van der Waals surface area contributed by atoms with E-state index in [1.54, 1.807) is 25.3 Å². The van der Waals surface area contributed by atoms with Crippen LogP contribution in [0.1, 0.15) is 0 Å². The van der Waals surface area contributed by atoms with E-state index in [9.17, 15) is 8.42 Å². The third-order valence-corrected chi connectivity index (χ3v) is 6.08. The predicted molar refractivity (Wildman–Crippen MR) is 86.8 cm³/mol. The fourth-order valence-electron chi connectivity index (χ4n) is 1.77. The molecule has 0 radical (unpaired) electrons. The number of fused-ring (bicyclic) bond motifs is 1. The number of halogens is 1. The summed E-state index contributed by atoms with van der Waals surface area (Å²) in [7, 11) is -1.85. The van der Waals surface area contributed by atoms with Crippen LogP contribution in [-0.4, -0.2) is 41.8 Å². The largest absolute Gasteiger partial charge is 0.383 e. The second-order valence-electron chi connectivity index (χ2n) is 4.39. The molecule has 2 N–H and O–H groups in total. The summed E-state index contributed by atoms with van der Waals surface area (Å²) in [6.45, 7) is 2.18. The van der Waals surface area contributed by atoms with Crippen LogP contribution in [0.3, 0.4) is 0 Å². The Labute approximate surface area is 133 Å². The lowest BCUT2D eigenvalue weighted by Gasteiger charge is -2.05. The fourth-order valence-corrected chi connectivity index (χ4v) is 4.40. The Kier molecular flexibility index (Phi) is 5.98. The first-order valence-corrected chi connectivity index (χ1v) is 9.09. The highest BCUT2D eigenvalue weighted by atomic mass is 35.5. The minimum Gasteiger partial charge on any atom is -0.383 e. The zero-order valence-corrected chi connectivity index (χ0v) is 13.9. The lowest BCUT2D eigenvalue weighted by Crippen LogP contribution is -2.32. The van der Waals surface area contributed by atoms with E-state index in [2.05, 4.69) is 10.0 Å². The molecule has 0 unspecified atom stereocenters. The Morgan fingerprint density at radius 1 is 1.24 bits per heavy atom. The van der Waals surface area contributed by atoms with Gasteiger partial charge < -0.3 is 10.1 Å². The number of hydrogen-bond acceptors (Lipinski definition) is 5. The number of sulfonamides is 1. The average molecular weight is 349 g/mol. The van der Waals surface area contributed by atoms with E-state index in [1.807, 2.05) is 6.07 Å². The molecule has 0 amide bonds. The molecule has 1 aromatic heterocycles. The summed E-state index contributed by atoms with van der Waals surface area (Å²) >= 11 is 7.14. The van der Waals surface area contributed by atoms with E-state index in [0.29, 0.717) is 35.5 Å². The van der Waals surface area contributed by atoms with E-state index < -0.39 is 10.0 Å². The quantitative estimate of drug-likeness (QED) is 0.717. The van der Waals surface area contributed by atoms with Crippen molar-refractivity contribution in [1.29, 1.82) is 0 Å². The van der Waals surface area contributed by atoms with Crippen LogP contribution >= 0.6 is 22.9 Å². The Balaban J connectivity index is 1.97. The van der Waals surface area contributed by atoms with Gasteiger partial charge in [-0.3, -0.25) is 0 Å². The van der Waals surface area contributed by atoms with Crippen molar-refractivity contribution in [2.75, 3.05) is 33.4 Å². The topological polar surface area (TPSA) is 67.4 Å². The maximum Gasteiger partial charge on any atom is 0.250 e. The monoisotopic (exact) mass is 348 g/mol. The first-order valence-electron chi connectivity index (χ1n) is 6.41. The minimum absolute atomic E-state index is 0.302. The van der Waals surface area contributed by atoms with E-state index in [1.165, 1.54) is 11.3 Å². The van der Waals surface area contributed by atoms with Crippen molar-refractivity contribution < 1.29 is 13.2 Å². The molecule has 2 aromatic rings. The second-order valence-corrected chi connectivity index (χ2v) is 7.90. The molecule has 0 atom stereocenters. The number of thiophene rings is 1. The summed E-state index contributed by atoms with van der Waals surface area (Å²) < 4.78 is 33.0. The predicted octanol–water partition coefficient (Wildman–Crippen LogP) is 2.07. The van der Waals surface area contributed by atoms with Crippen molar-refractivity contribution in [3.05, 3.63) is 29.3 Å². The number of benzene rings is 1. The van der Waals surface area contributed by atoms with Crippen molar-refractivity contribution in [1.82, 2.24) is 10.0 Å². The Bertz CT molecular complexity index is 701. The highest BCUT2D eigenvalue weighted by molar-refractivity contribution is 7.91. The molecule has 0 saturated heterocycles. The van der Waals surface area contributed by atoms with Crippen molar-refractivity contribution in [3.8, 4) is 0 Å². The summed E-state index contributed by atoms with van der Waals surface area (Å²) in [5.74, 6) is 0. The molecule has 0 aliphatic rings. The van der Waals surface area contributed by atoms with Crippen molar-refractivity contribution in [2.24, 2.45) is 0 Å². The second kappa shape index (κ2) is 7.53. The van der Waals surface area contributed by atoms with E-state index in [-0.39, 0.29) is 0 Å². The molecule has 0 aliphatic heterocycles. The number of nitrogens with one attached hydrogen (secondary N) is 2. The third kappa shape index (κ3) is 4.64. The maximum atomic E-state index is 12.2. The van der Waals surface area contributed by atoms with Gasteiger partial charge >= 0.3 is 0 Å². The molecular weight excluding hydrogens is 332 g/mol. The van der Waals surface area contributed by atoms with Crippen LogP contribution in [0.4, 0.5) is 0 Å². The third-order valence-electron chi connectivity index (χ3n) is 2.80. The molecule has 5 nitrogen and oxygen atoms in total. The van der Waals surface area contributed by atoms with Crippen LogP contribution in [-0.2, 0) is 14.8 Å². The van der Waals surface area contributed by atoms with Crippen LogP contribution in [0.2, 0.25) is 5.02 Å². The number of methoxy groups -OCH3 is 1. The lowest BCUT2D eigenvalue weighted by molar-refractivity contribution is 0.199. The van der Waals surface area contributed by atoms with Crippen LogP contribution in [0.15, 0.2) is 28.5 Å². The number of rotatable bonds is 8. The van der Waals surface area contributed by atoms with Crippen LogP contribution < -0.4 is 10.0 Å². The van der Waals surface area contributed by atoms with Gasteiger partial charge in [0.2, 0.25) is 10.0 Å². The average Bonchev–Trinajstić information content (AvgIpc) is 2.86. The van der Waals surface area contributed by atoms with Gasteiger partial charge in [-0.1, -0.05) is 11.6 Å². The SMILES string of the molecule is COCCNCCNS(=O)(=O)c1cc2cc(Cl)ccc2s1. The summed E-state index contributed by atoms with van der Waals surface area (Å²) in [6, 6.07) is 6.99. The zero-order chi connectivity index (χ0) is 15.3. The smallest absolute Gasteiger partial charge is 0.250 e. The summed E-state index contributed by atoms with van der Waals surface area (Å²) in [6.07, 6.45) is 0. The molecule has 0 bridgehead atoms. The highest BCUT2D eigenvalue weighted by Gasteiger charge is 2.16. The van der Waals surface area contributed by atoms with Crippen LogP contribution in [0.25, 0.3) is 10.1 Å². The van der Waals surface area contributed by atoms with Gasteiger partial charge in [0.05, 0.1) is 6.61 Å². The van der Waals surface area contributed by atoms with Gasteiger partial charge in [0.1, 0.15) is 4.21 Å². The lowest BCUT2D eigenvalue weighted by atomic mass is 10.3. The molecule has 0 saturated carbocycles. The van der Waals surface area contributed by atoms with E-state index >= 15 is 0 Å². The van der Waals surface area contributed by atoms with Gasteiger partial charge in [-0.2, -0.15) is 0 Å². The van der Waals surface area contributed by atoms with Gasteiger partial charge in [-0.25, -0.2) is 13.1 Å². The Hall–Kier alpha value is -0.700. The molecule has 0 fully saturated rings. The van der Waals surface area contributed by atoms with Crippen LogP contribution in [0, 0.1) is 0 Å². The minimum atomic E-state index is -3.47. The molecule has 1 aromatic carbocycles. The van der Waals surface area contributed by atoms with Gasteiger partial charge in [0.15, 0.2) is 0 Å².